The molecule has 5 aromatic carbocycles. The number of thiophene rings is 10. The molecule has 0 radical (unpaired) electrons. The average Bonchev–Trinajstić information content (AvgIpc) is 1.70. The first-order valence-electron chi connectivity index (χ1n) is 43.3. The number of hydrogen-bond acceptors (Lipinski definition) is 10. The first kappa shape index (κ1) is 94.1. The summed E-state index contributed by atoms with van der Waals surface area (Å²) in [6.45, 7) is 87.5. The molecule has 0 fully saturated rings. The largest absolute Gasteiger partial charge is 0.139 e. The maximum Gasteiger partial charge on any atom is 0.0534 e. The van der Waals surface area contributed by atoms with Crippen LogP contribution in [0.2, 0.25) is 0 Å². The molecular formula is C109H138S10. The smallest absolute Gasteiger partial charge is 0.0534 e. The zero-order valence-corrected chi connectivity index (χ0v) is 87.6. The van der Waals surface area contributed by atoms with E-state index in [9.17, 15) is 0 Å². The summed E-state index contributed by atoms with van der Waals surface area (Å²) in [5.74, 6) is 2.75. The molecule has 0 amide bonds. The van der Waals surface area contributed by atoms with E-state index in [-0.39, 0.29) is 32.5 Å². The van der Waals surface area contributed by atoms with Crippen molar-refractivity contribution < 1.29 is 0 Å². The van der Waals surface area contributed by atoms with E-state index in [1.54, 1.807) is 0 Å². The molecule has 10 heterocycles. The molecule has 0 unspecified atom stereocenters. The van der Waals surface area contributed by atoms with Gasteiger partial charge in [0.1, 0.15) is 0 Å². The minimum absolute atomic E-state index is 0.0869. The highest BCUT2D eigenvalue weighted by molar-refractivity contribution is 7.31. The normalized spacial score (nSPS) is 12.7. The Balaban J connectivity index is 0.000000146. The molecule has 10 aromatic heterocycles. The number of aryl methyl sites for hydroxylation is 10. The molecular weight excluding hydrogens is 1630 g/mol. The van der Waals surface area contributed by atoms with E-state index in [4.69, 9.17) is 0 Å². The second kappa shape index (κ2) is 35.8. The van der Waals surface area contributed by atoms with Gasteiger partial charge in [-0.15, -0.1) is 113 Å². The molecule has 0 bridgehead atoms. The van der Waals surface area contributed by atoms with E-state index in [0.29, 0.717) is 29.6 Å². The van der Waals surface area contributed by atoms with Crippen LogP contribution < -0.4 is 0 Å². The SMILES string of the molecule is Cc1cc2sc(C)c(-c3c(C(C)(C)C)cc(C(C)(C)C)cc3C(C)(C)C)c2s1.Cc1cc2sc(C)c(-c3c(C(C)C)cc(C(C)C)cc3C(C)C)c2s1.Cc1cc2sc(C)c(-c3ccc(C(C)(C)C)cc3C(C)(C)C)c2s1.Cc1cc2sc(C)c(-c3ccc(C(C)C)cc3C(C)C)c2s1.Cc1cc2sc(C)c(-c3ccccc3C(C)(C)C)c2s1. The Kier molecular flexibility index (Phi) is 28.3. The second-order valence-electron chi connectivity index (χ2n) is 41.4. The lowest BCUT2D eigenvalue weighted by molar-refractivity contribution is 0.550. The Bertz CT molecular complexity index is 6070. The van der Waals surface area contributed by atoms with Crippen molar-refractivity contribution in [1.29, 1.82) is 0 Å². The van der Waals surface area contributed by atoms with Crippen LogP contribution in [0.5, 0.6) is 0 Å². The third-order valence-corrected chi connectivity index (χ3v) is 34.4. The first-order valence-corrected chi connectivity index (χ1v) is 51.5. The van der Waals surface area contributed by atoms with Gasteiger partial charge < -0.3 is 0 Å². The number of hydrogen-bond donors (Lipinski definition) is 0. The lowest BCUT2D eigenvalue weighted by Crippen LogP contribution is -2.23. The molecule has 0 nitrogen and oxygen atoms in total. The topological polar surface area (TPSA) is 0 Å². The van der Waals surface area contributed by atoms with Crippen LogP contribution in [0.4, 0.5) is 0 Å². The first-order chi connectivity index (χ1) is 55.0. The number of benzene rings is 5. The third kappa shape index (κ3) is 20.4. The van der Waals surface area contributed by atoms with Gasteiger partial charge in [0.15, 0.2) is 0 Å². The summed E-state index contributed by atoms with van der Waals surface area (Å²) in [4.78, 5) is 14.3. The van der Waals surface area contributed by atoms with E-state index in [1.807, 2.05) is 113 Å². The van der Waals surface area contributed by atoms with Gasteiger partial charge in [-0.25, -0.2) is 0 Å². The van der Waals surface area contributed by atoms with Gasteiger partial charge in [-0.2, -0.15) is 0 Å². The van der Waals surface area contributed by atoms with Crippen LogP contribution >= 0.6 is 113 Å². The average molecular weight is 1770 g/mol. The highest BCUT2D eigenvalue weighted by Gasteiger charge is 2.34. The summed E-state index contributed by atoms with van der Waals surface area (Å²) >= 11 is 19.4. The molecule has 10 heteroatoms. The Morgan fingerprint density at radius 2 is 0.496 bits per heavy atom. The maximum absolute atomic E-state index is 2.49. The van der Waals surface area contributed by atoms with Crippen molar-refractivity contribution in [3.63, 3.8) is 0 Å². The third-order valence-electron chi connectivity index (χ3n) is 23.2. The zero-order chi connectivity index (χ0) is 88.1. The zero-order valence-electron chi connectivity index (χ0n) is 79.4. The van der Waals surface area contributed by atoms with Gasteiger partial charge in [0, 0.05) is 100 Å². The van der Waals surface area contributed by atoms with E-state index in [1.165, 1.54) is 213 Å². The van der Waals surface area contributed by atoms with Crippen molar-refractivity contribution in [2.24, 2.45) is 0 Å². The number of rotatable bonds is 10. The molecule has 0 aliphatic carbocycles. The van der Waals surface area contributed by atoms with Crippen LogP contribution in [0, 0.1) is 69.2 Å². The van der Waals surface area contributed by atoms with Gasteiger partial charge in [-0.1, -0.05) is 279 Å². The van der Waals surface area contributed by atoms with Crippen molar-refractivity contribution in [3.05, 3.63) is 225 Å². The Morgan fingerprint density at radius 3 is 0.824 bits per heavy atom. The van der Waals surface area contributed by atoms with E-state index in [0.717, 1.165) is 0 Å². The Morgan fingerprint density at radius 1 is 0.210 bits per heavy atom. The van der Waals surface area contributed by atoms with Crippen molar-refractivity contribution in [2.75, 3.05) is 0 Å². The fraction of sp³-hybridized carbons (Fsp3) is 0.450. The fourth-order valence-electron chi connectivity index (χ4n) is 16.7. The van der Waals surface area contributed by atoms with Crippen LogP contribution in [0.25, 0.3) is 103 Å². The van der Waals surface area contributed by atoms with Crippen LogP contribution in [0.1, 0.15) is 333 Å². The summed E-state index contributed by atoms with van der Waals surface area (Å²) in [7, 11) is 0. The minimum Gasteiger partial charge on any atom is -0.139 e. The summed E-state index contributed by atoms with van der Waals surface area (Å²) in [6.07, 6.45) is 0. The highest BCUT2D eigenvalue weighted by Crippen LogP contribution is 2.55. The predicted molar refractivity (Wildman–Crippen MR) is 556 cm³/mol. The van der Waals surface area contributed by atoms with Crippen LogP contribution in [0.3, 0.4) is 0 Å². The van der Waals surface area contributed by atoms with E-state index in [2.05, 4.69) is 378 Å². The molecule has 119 heavy (non-hydrogen) atoms. The summed E-state index contributed by atoms with van der Waals surface area (Å²) in [5, 5.41) is 0. The fourth-order valence-corrected chi connectivity index (χ4v) is 29.1. The summed E-state index contributed by atoms with van der Waals surface area (Å²) in [5.41, 5.74) is 31.6. The minimum atomic E-state index is 0.0869. The summed E-state index contributed by atoms with van der Waals surface area (Å²) < 4.78 is 14.6. The van der Waals surface area contributed by atoms with Crippen molar-refractivity contribution in [3.8, 4) is 55.6 Å². The molecule has 15 rings (SSSR count). The molecule has 0 saturated heterocycles. The van der Waals surface area contributed by atoms with E-state index < -0.39 is 0 Å². The van der Waals surface area contributed by atoms with Crippen LogP contribution in [-0.2, 0) is 32.5 Å². The molecule has 634 valence electrons. The molecule has 0 N–H and O–H groups in total. The quantitative estimate of drug-likeness (QED) is 0.128. The van der Waals surface area contributed by atoms with Crippen molar-refractivity contribution >= 4 is 160 Å². The van der Waals surface area contributed by atoms with Gasteiger partial charge in [0.2, 0.25) is 0 Å². The van der Waals surface area contributed by atoms with E-state index >= 15 is 0 Å². The highest BCUT2D eigenvalue weighted by atomic mass is 32.1. The molecule has 0 atom stereocenters. The summed E-state index contributed by atoms with van der Waals surface area (Å²) in [6, 6.07) is 44.7. The molecule has 0 spiro atoms. The molecule has 0 saturated carbocycles. The van der Waals surface area contributed by atoms with Gasteiger partial charge in [0.05, 0.1) is 23.5 Å². The predicted octanol–water partition coefficient (Wildman–Crippen LogP) is 39.6. The monoisotopic (exact) mass is 1770 g/mol. The van der Waals surface area contributed by atoms with Gasteiger partial charge in [-0.3, -0.25) is 0 Å². The van der Waals surface area contributed by atoms with Gasteiger partial charge in [0.25, 0.3) is 0 Å². The van der Waals surface area contributed by atoms with Crippen LogP contribution in [-0.4, -0.2) is 0 Å². The van der Waals surface area contributed by atoms with Crippen molar-refractivity contribution in [1.82, 2.24) is 0 Å². The lowest BCUT2D eigenvalue weighted by Gasteiger charge is -2.34. The van der Waals surface area contributed by atoms with Gasteiger partial charge in [-0.05, 0) is 251 Å². The molecule has 0 aliphatic heterocycles. The number of fused-ring (bicyclic) bond motifs is 5. The molecule has 0 aliphatic rings. The molecule has 15 aromatic rings. The van der Waals surface area contributed by atoms with Crippen molar-refractivity contribution in [2.45, 2.75) is 325 Å². The standard InChI is InChI=1S/C26H36S2.C23H30S2.C22H28S2.C20H24S2.C18H20S2/c1-15-12-20-23(27-15)21(16(2)28-20)22-18(25(6,7)8)13-17(24(3,4)5)14-19(22)26(9,10)11;1-12(2)17-10-18(13(3)4)22(19(11-17)14(5)6)21-16(8)25-20-9-15(7)24-23(20)21;1-13-11-18-20(23-13)19(14(2)24-18)16-10-9-15(21(3,4)5)12-17(16)22(6,7)8;1-11(2)15-7-8-16(17(10-15)12(3)4)19-14(6)22-18-9-13(5)21-20(18)19;1-11-10-15-17(19-11)16(12(2)20-15)13-8-6-7-9-14(13)18(3,4)5/h12-14H,1-11H3;9-14H,1-8H3;9-12H,1-8H3;7-12H,1-6H3;6-10H,1-5H3. The lowest BCUT2D eigenvalue weighted by atomic mass is 9.71. The van der Waals surface area contributed by atoms with Crippen LogP contribution in [0.15, 0.2) is 115 Å². The Labute approximate surface area is 759 Å². The Hall–Kier alpha value is -5.60. The van der Waals surface area contributed by atoms with Gasteiger partial charge >= 0.3 is 0 Å². The second-order valence-corrected chi connectivity index (χ2v) is 53.9. The maximum atomic E-state index is 2.49.